The molecule has 0 unspecified atom stereocenters. The lowest BCUT2D eigenvalue weighted by Gasteiger charge is -2.24. The van der Waals surface area contributed by atoms with Crippen molar-refractivity contribution in [2.24, 2.45) is 5.92 Å². The van der Waals surface area contributed by atoms with Gasteiger partial charge in [0.25, 0.3) is 5.91 Å². The second kappa shape index (κ2) is 8.69. The number of carbonyl (C=O) groups is 2. The van der Waals surface area contributed by atoms with Crippen molar-refractivity contribution in [2.45, 2.75) is 46.7 Å². The van der Waals surface area contributed by atoms with Gasteiger partial charge < -0.3 is 10.6 Å². The van der Waals surface area contributed by atoms with E-state index < -0.39 is 6.04 Å². The van der Waals surface area contributed by atoms with Crippen LogP contribution in [0.4, 0.5) is 0 Å². The number of aryl methyl sites for hydroxylation is 2. The summed E-state index contributed by atoms with van der Waals surface area (Å²) < 4.78 is 0. The first-order valence-corrected chi connectivity index (χ1v) is 9.82. The number of carbonyl (C=O) groups excluding carboxylic acids is 2. The monoisotopic (exact) mass is 392 g/mol. The maximum atomic E-state index is 12.8. The smallest absolute Gasteiger partial charge is 0.251 e. The molecule has 0 spiro atoms. The van der Waals surface area contributed by atoms with E-state index in [9.17, 15) is 9.59 Å². The number of benzene rings is 1. The summed E-state index contributed by atoms with van der Waals surface area (Å²) in [6.45, 7) is 9.90. The molecule has 0 aliphatic heterocycles. The molecule has 4 nitrogen and oxygen atoms in total. The average Bonchev–Trinajstić information content (AvgIpc) is 2.91. The number of thiophene rings is 1. The molecule has 1 aromatic heterocycles. The fourth-order valence-electron chi connectivity index (χ4n) is 2.82. The van der Waals surface area contributed by atoms with Gasteiger partial charge in [0.2, 0.25) is 5.91 Å². The second-order valence-electron chi connectivity index (χ2n) is 6.80. The Hall–Kier alpha value is -1.85. The van der Waals surface area contributed by atoms with Gasteiger partial charge in [-0.05, 0) is 62.6 Å². The molecule has 1 aromatic carbocycles. The Morgan fingerprint density at radius 3 is 2.15 bits per heavy atom. The molecule has 2 N–H and O–H groups in total. The Bertz CT molecular complexity index is 784. The fourth-order valence-corrected chi connectivity index (χ4v) is 3.97. The summed E-state index contributed by atoms with van der Waals surface area (Å²) in [5.74, 6) is -0.507. The molecule has 0 aliphatic carbocycles. The Morgan fingerprint density at radius 2 is 1.65 bits per heavy atom. The molecule has 2 amide bonds. The second-order valence-corrected chi connectivity index (χ2v) is 8.70. The van der Waals surface area contributed by atoms with Gasteiger partial charge in [0.05, 0.1) is 6.04 Å². The molecule has 2 aromatic rings. The molecule has 2 rings (SSSR count). The fraction of sp³-hybridized carbons (Fsp3) is 0.400. The van der Waals surface area contributed by atoms with Crippen LogP contribution in [0.1, 0.15) is 52.5 Å². The zero-order chi connectivity index (χ0) is 19.4. The van der Waals surface area contributed by atoms with Crippen LogP contribution in [0.5, 0.6) is 0 Å². The minimum absolute atomic E-state index is 0.0382. The van der Waals surface area contributed by atoms with Crippen LogP contribution in [0.2, 0.25) is 5.02 Å². The molecular weight excluding hydrogens is 368 g/mol. The van der Waals surface area contributed by atoms with E-state index in [0.717, 1.165) is 5.56 Å². The summed E-state index contributed by atoms with van der Waals surface area (Å²) in [7, 11) is 0. The van der Waals surface area contributed by atoms with Crippen molar-refractivity contribution in [3.05, 3.63) is 56.2 Å². The van der Waals surface area contributed by atoms with Crippen LogP contribution >= 0.6 is 22.9 Å². The molecule has 0 aliphatic rings. The Labute approximate surface area is 164 Å². The van der Waals surface area contributed by atoms with Crippen LogP contribution in [0.3, 0.4) is 0 Å². The molecule has 0 saturated heterocycles. The quantitative estimate of drug-likeness (QED) is 0.751. The minimum Gasteiger partial charge on any atom is -0.348 e. The number of hydrogen-bond acceptors (Lipinski definition) is 3. The molecule has 2 atom stereocenters. The third-order valence-corrected chi connectivity index (χ3v) is 5.48. The first-order chi connectivity index (χ1) is 12.2. The average molecular weight is 393 g/mol. The summed E-state index contributed by atoms with van der Waals surface area (Å²) in [5, 5.41) is 6.43. The van der Waals surface area contributed by atoms with Gasteiger partial charge in [-0.3, -0.25) is 9.59 Å². The molecule has 0 saturated carbocycles. The zero-order valence-corrected chi connectivity index (χ0v) is 17.3. The number of rotatable bonds is 6. The van der Waals surface area contributed by atoms with Gasteiger partial charge in [-0.2, -0.15) is 0 Å². The Balaban J connectivity index is 2.08. The first-order valence-electron chi connectivity index (χ1n) is 8.62. The van der Waals surface area contributed by atoms with E-state index >= 15 is 0 Å². The van der Waals surface area contributed by atoms with E-state index in [4.69, 9.17) is 11.6 Å². The molecule has 0 bridgehead atoms. The van der Waals surface area contributed by atoms with Crippen molar-refractivity contribution in [3.63, 3.8) is 0 Å². The van der Waals surface area contributed by atoms with Crippen LogP contribution in [-0.2, 0) is 4.79 Å². The molecule has 1 heterocycles. The first kappa shape index (κ1) is 20.5. The summed E-state index contributed by atoms with van der Waals surface area (Å²) >= 11 is 7.57. The topological polar surface area (TPSA) is 58.2 Å². The summed E-state index contributed by atoms with van der Waals surface area (Å²) in [4.78, 5) is 27.6. The predicted octanol–water partition coefficient (Wildman–Crippen LogP) is 4.65. The van der Waals surface area contributed by atoms with Crippen molar-refractivity contribution in [1.82, 2.24) is 10.6 Å². The van der Waals surface area contributed by atoms with E-state index in [-0.39, 0.29) is 23.8 Å². The van der Waals surface area contributed by atoms with Gasteiger partial charge >= 0.3 is 0 Å². The third-order valence-electron chi connectivity index (χ3n) is 4.25. The zero-order valence-electron chi connectivity index (χ0n) is 15.7. The highest BCUT2D eigenvalue weighted by Gasteiger charge is 2.26. The van der Waals surface area contributed by atoms with Crippen molar-refractivity contribution in [2.75, 3.05) is 0 Å². The minimum atomic E-state index is -0.610. The normalized spacial score (nSPS) is 13.3. The maximum Gasteiger partial charge on any atom is 0.251 e. The van der Waals surface area contributed by atoms with Gasteiger partial charge in [0.1, 0.15) is 6.04 Å². The van der Waals surface area contributed by atoms with E-state index in [1.54, 1.807) is 35.6 Å². The number of amides is 2. The van der Waals surface area contributed by atoms with E-state index in [1.165, 1.54) is 9.75 Å². The highest BCUT2D eigenvalue weighted by atomic mass is 35.5. The van der Waals surface area contributed by atoms with Crippen molar-refractivity contribution >= 4 is 34.8 Å². The molecule has 0 fully saturated rings. The maximum absolute atomic E-state index is 12.8. The highest BCUT2D eigenvalue weighted by molar-refractivity contribution is 7.12. The van der Waals surface area contributed by atoms with Gasteiger partial charge in [-0.25, -0.2) is 0 Å². The lowest BCUT2D eigenvalue weighted by molar-refractivity contribution is -0.124. The predicted molar refractivity (Wildman–Crippen MR) is 108 cm³/mol. The van der Waals surface area contributed by atoms with E-state index in [0.29, 0.717) is 10.6 Å². The van der Waals surface area contributed by atoms with E-state index in [2.05, 4.69) is 30.5 Å². The molecule has 0 radical (unpaired) electrons. The summed E-state index contributed by atoms with van der Waals surface area (Å²) in [6.07, 6.45) is 0. The SMILES string of the molecule is Cc1cc([C@H](C)NC(=O)[C@H](NC(=O)c2ccc(Cl)cc2)C(C)C)c(C)s1. The largest absolute Gasteiger partial charge is 0.348 e. The van der Waals surface area contributed by atoms with Crippen molar-refractivity contribution in [3.8, 4) is 0 Å². The van der Waals surface area contributed by atoms with Crippen LogP contribution in [0.25, 0.3) is 0 Å². The van der Waals surface area contributed by atoms with Gasteiger partial charge in [0.15, 0.2) is 0 Å². The van der Waals surface area contributed by atoms with E-state index in [1.807, 2.05) is 20.8 Å². The number of hydrogen-bond donors (Lipinski definition) is 2. The highest BCUT2D eigenvalue weighted by Crippen LogP contribution is 2.26. The lowest BCUT2D eigenvalue weighted by atomic mass is 10.0. The Morgan fingerprint density at radius 1 is 1.04 bits per heavy atom. The van der Waals surface area contributed by atoms with Crippen molar-refractivity contribution in [1.29, 1.82) is 0 Å². The van der Waals surface area contributed by atoms with Crippen LogP contribution in [0.15, 0.2) is 30.3 Å². The van der Waals surface area contributed by atoms with Gasteiger partial charge in [0, 0.05) is 20.3 Å². The standard InChI is InChI=1S/C20H25ClN2O2S/c1-11(2)18(23-19(24)15-6-8-16(21)9-7-15)20(25)22-13(4)17-10-12(3)26-14(17)5/h6-11,13,18H,1-5H3,(H,22,25)(H,23,24)/t13-,18+/m0/s1. The van der Waals surface area contributed by atoms with Crippen molar-refractivity contribution < 1.29 is 9.59 Å². The van der Waals surface area contributed by atoms with Gasteiger partial charge in [-0.15, -0.1) is 11.3 Å². The molecule has 6 heteroatoms. The summed E-state index contributed by atoms with van der Waals surface area (Å²) in [6, 6.07) is 7.98. The van der Waals surface area contributed by atoms with Crippen LogP contribution < -0.4 is 10.6 Å². The number of nitrogens with one attached hydrogen (secondary N) is 2. The molecule has 140 valence electrons. The van der Waals surface area contributed by atoms with Crippen LogP contribution in [0, 0.1) is 19.8 Å². The van der Waals surface area contributed by atoms with Crippen LogP contribution in [-0.4, -0.2) is 17.9 Å². The van der Waals surface area contributed by atoms with Gasteiger partial charge in [-0.1, -0.05) is 25.4 Å². The molecule has 26 heavy (non-hydrogen) atoms. The number of halogens is 1. The molecular formula is C20H25ClN2O2S. The Kier molecular flexibility index (Phi) is 6.84. The summed E-state index contributed by atoms with van der Waals surface area (Å²) in [5.41, 5.74) is 1.59. The lowest BCUT2D eigenvalue weighted by Crippen LogP contribution is -2.50. The third kappa shape index (κ3) is 5.08.